The van der Waals surface area contributed by atoms with Crippen molar-refractivity contribution in [3.8, 4) is 5.75 Å². The Morgan fingerprint density at radius 3 is 2.38 bits per heavy atom. The number of halogens is 3. The van der Waals surface area contributed by atoms with Crippen LogP contribution < -0.4 is 16.0 Å². The van der Waals surface area contributed by atoms with Crippen LogP contribution in [0, 0.1) is 0 Å². The van der Waals surface area contributed by atoms with E-state index in [0.717, 1.165) is 11.1 Å². The molecule has 0 amide bonds. The van der Waals surface area contributed by atoms with Crippen molar-refractivity contribution >= 4 is 34.8 Å². The maximum absolute atomic E-state index is 6.03. The summed E-state index contributed by atoms with van der Waals surface area (Å²) in [5, 5.41) is 1.62. The summed E-state index contributed by atoms with van der Waals surface area (Å²) in [7, 11) is 1.58. The first-order valence-corrected chi connectivity index (χ1v) is 7.42. The highest BCUT2D eigenvalue weighted by molar-refractivity contribution is 6.42. The van der Waals surface area contributed by atoms with E-state index in [9.17, 15) is 0 Å². The molecule has 0 fully saturated rings. The molecule has 1 atom stereocenters. The molecule has 0 aliphatic heterocycles. The molecule has 0 aliphatic rings. The quantitative estimate of drug-likeness (QED) is 0.623. The molecular weight excluding hydrogens is 331 g/mol. The normalized spacial score (nSPS) is 12.2. The summed E-state index contributed by atoms with van der Waals surface area (Å²) in [5.41, 5.74) is 4.80. The molecule has 0 aliphatic carbocycles. The molecule has 112 valence electrons. The largest absolute Gasteiger partial charge is 0.495 e. The van der Waals surface area contributed by atoms with Gasteiger partial charge in [-0.3, -0.25) is 11.3 Å². The molecule has 0 aromatic heterocycles. The van der Waals surface area contributed by atoms with Crippen LogP contribution in [-0.4, -0.2) is 7.11 Å². The van der Waals surface area contributed by atoms with E-state index in [1.165, 1.54) is 0 Å². The van der Waals surface area contributed by atoms with Crippen LogP contribution in [-0.2, 0) is 6.42 Å². The van der Waals surface area contributed by atoms with E-state index in [0.29, 0.717) is 27.2 Å². The van der Waals surface area contributed by atoms with Crippen molar-refractivity contribution in [2.24, 2.45) is 5.84 Å². The first-order chi connectivity index (χ1) is 10.0. The van der Waals surface area contributed by atoms with Crippen molar-refractivity contribution in [2.75, 3.05) is 7.11 Å². The summed E-state index contributed by atoms with van der Waals surface area (Å²) in [4.78, 5) is 0. The summed E-state index contributed by atoms with van der Waals surface area (Å²) < 4.78 is 5.23. The van der Waals surface area contributed by atoms with Crippen LogP contribution in [0.2, 0.25) is 15.1 Å². The topological polar surface area (TPSA) is 47.3 Å². The Balaban J connectivity index is 2.25. The van der Waals surface area contributed by atoms with Crippen LogP contribution in [0.15, 0.2) is 36.4 Å². The molecule has 6 heteroatoms. The van der Waals surface area contributed by atoms with E-state index >= 15 is 0 Å². The van der Waals surface area contributed by atoms with Crippen LogP contribution in [0.1, 0.15) is 17.2 Å². The van der Waals surface area contributed by atoms with Gasteiger partial charge in [0.2, 0.25) is 0 Å². The van der Waals surface area contributed by atoms with Crippen molar-refractivity contribution in [3.63, 3.8) is 0 Å². The molecule has 2 rings (SSSR count). The summed E-state index contributed by atoms with van der Waals surface area (Å²) in [6.45, 7) is 0. The number of nitrogens with two attached hydrogens (primary N) is 1. The highest BCUT2D eigenvalue weighted by Gasteiger charge is 2.13. The SMILES string of the molecule is COc1cc(C(Cc2ccc(Cl)c(Cl)c2)NN)ccc1Cl. The number of rotatable bonds is 5. The van der Waals surface area contributed by atoms with Crippen LogP contribution >= 0.6 is 34.8 Å². The van der Waals surface area contributed by atoms with Gasteiger partial charge >= 0.3 is 0 Å². The first-order valence-electron chi connectivity index (χ1n) is 6.28. The lowest BCUT2D eigenvalue weighted by Gasteiger charge is -2.18. The minimum atomic E-state index is -0.0894. The number of hydrogen-bond donors (Lipinski definition) is 2. The first kappa shape index (κ1) is 16.4. The lowest BCUT2D eigenvalue weighted by atomic mass is 9.99. The molecule has 0 bridgehead atoms. The van der Waals surface area contributed by atoms with Gasteiger partial charge < -0.3 is 4.74 Å². The fourth-order valence-corrected chi connectivity index (χ4v) is 2.58. The Kier molecular flexibility index (Phi) is 5.73. The average molecular weight is 346 g/mol. The Hall–Kier alpha value is -0.970. The average Bonchev–Trinajstić information content (AvgIpc) is 2.49. The second-order valence-electron chi connectivity index (χ2n) is 4.57. The van der Waals surface area contributed by atoms with E-state index in [2.05, 4.69) is 5.43 Å². The lowest BCUT2D eigenvalue weighted by molar-refractivity contribution is 0.413. The Bertz CT molecular complexity index is 634. The van der Waals surface area contributed by atoms with Gasteiger partial charge in [-0.15, -0.1) is 0 Å². The zero-order valence-corrected chi connectivity index (χ0v) is 13.6. The fraction of sp³-hybridized carbons (Fsp3) is 0.200. The zero-order chi connectivity index (χ0) is 15.4. The molecule has 0 heterocycles. The molecule has 0 saturated carbocycles. The highest BCUT2D eigenvalue weighted by Crippen LogP contribution is 2.30. The minimum absolute atomic E-state index is 0.0894. The molecule has 0 saturated heterocycles. The smallest absolute Gasteiger partial charge is 0.137 e. The monoisotopic (exact) mass is 344 g/mol. The van der Waals surface area contributed by atoms with E-state index in [-0.39, 0.29) is 6.04 Å². The molecule has 2 aromatic carbocycles. The Morgan fingerprint density at radius 2 is 1.76 bits per heavy atom. The van der Waals surface area contributed by atoms with Gasteiger partial charge in [0.05, 0.1) is 28.2 Å². The molecule has 3 nitrogen and oxygen atoms in total. The second kappa shape index (κ2) is 7.34. The molecule has 0 radical (unpaired) electrons. The van der Waals surface area contributed by atoms with Gasteiger partial charge in [-0.1, -0.05) is 46.9 Å². The van der Waals surface area contributed by atoms with Crippen LogP contribution in [0.4, 0.5) is 0 Å². The summed E-state index contributed by atoms with van der Waals surface area (Å²) in [6, 6.07) is 11.0. The molecule has 2 aromatic rings. The molecule has 3 N–H and O–H groups in total. The molecular formula is C15H15Cl3N2O. The number of hydrogen-bond acceptors (Lipinski definition) is 3. The van der Waals surface area contributed by atoms with Gasteiger partial charge in [-0.25, -0.2) is 0 Å². The van der Waals surface area contributed by atoms with Crippen LogP contribution in [0.25, 0.3) is 0 Å². The third-order valence-corrected chi connectivity index (χ3v) is 4.25. The van der Waals surface area contributed by atoms with Crippen molar-refractivity contribution in [1.29, 1.82) is 0 Å². The molecule has 0 spiro atoms. The van der Waals surface area contributed by atoms with E-state index in [1.54, 1.807) is 19.2 Å². The summed E-state index contributed by atoms with van der Waals surface area (Å²) in [6.07, 6.45) is 0.665. The molecule has 21 heavy (non-hydrogen) atoms. The summed E-state index contributed by atoms with van der Waals surface area (Å²) >= 11 is 18.0. The Morgan fingerprint density at radius 1 is 1.05 bits per heavy atom. The van der Waals surface area contributed by atoms with Gasteiger partial charge in [-0.05, 0) is 41.8 Å². The highest BCUT2D eigenvalue weighted by atomic mass is 35.5. The van der Waals surface area contributed by atoms with E-state index in [1.807, 2.05) is 24.3 Å². The van der Waals surface area contributed by atoms with Crippen LogP contribution in [0.5, 0.6) is 5.75 Å². The lowest BCUT2D eigenvalue weighted by Crippen LogP contribution is -2.29. The van der Waals surface area contributed by atoms with Gasteiger partial charge in [-0.2, -0.15) is 0 Å². The third-order valence-electron chi connectivity index (χ3n) is 3.20. The van der Waals surface area contributed by atoms with E-state index < -0.39 is 0 Å². The number of hydrazine groups is 1. The molecule has 1 unspecified atom stereocenters. The standard InChI is InChI=1S/C15H15Cl3N2O/c1-21-15-8-10(3-5-12(15)17)14(20-19)7-9-2-4-11(16)13(18)6-9/h2-6,8,14,20H,7,19H2,1H3. The van der Waals surface area contributed by atoms with Crippen LogP contribution in [0.3, 0.4) is 0 Å². The summed E-state index contributed by atoms with van der Waals surface area (Å²) in [5.74, 6) is 6.28. The van der Waals surface area contributed by atoms with Gasteiger partial charge in [0.15, 0.2) is 0 Å². The van der Waals surface area contributed by atoms with Crippen molar-refractivity contribution in [3.05, 3.63) is 62.6 Å². The third kappa shape index (κ3) is 4.02. The van der Waals surface area contributed by atoms with Gasteiger partial charge in [0.25, 0.3) is 0 Å². The predicted octanol–water partition coefficient (Wildman–Crippen LogP) is 4.40. The number of methoxy groups -OCH3 is 1. The van der Waals surface area contributed by atoms with Gasteiger partial charge in [0, 0.05) is 0 Å². The second-order valence-corrected chi connectivity index (χ2v) is 5.79. The minimum Gasteiger partial charge on any atom is -0.495 e. The number of ether oxygens (including phenoxy) is 1. The van der Waals surface area contributed by atoms with Crippen molar-refractivity contribution in [2.45, 2.75) is 12.5 Å². The zero-order valence-electron chi connectivity index (χ0n) is 11.4. The predicted molar refractivity (Wildman–Crippen MR) is 88.2 cm³/mol. The van der Waals surface area contributed by atoms with Crippen molar-refractivity contribution < 1.29 is 4.74 Å². The van der Waals surface area contributed by atoms with Crippen molar-refractivity contribution in [1.82, 2.24) is 5.43 Å². The van der Waals surface area contributed by atoms with E-state index in [4.69, 9.17) is 45.4 Å². The fourth-order valence-electron chi connectivity index (χ4n) is 2.07. The number of nitrogens with one attached hydrogen (secondary N) is 1. The number of benzene rings is 2. The maximum Gasteiger partial charge on any atom is 0.137 e. The maximum atomic E-state index is 6.03. The Labute approximate surface area is 138 Å². The van der Waals surface area contributed by atoms with Gasteiger partial charge in [0.1, 0.15) is 5.75 Å².